The molecule has 0 atom stereocenters. The standard InChI is InChI=1S/C21H36N4O2/c1-16(2)27-20-14-17(3)6-7-18(20)15-24-21(22-4)23-10-11-25(12-13-26-5)19-8-9-19/h6-7,14,16,19H,8-13,15H2,1-5H3,(H2,22,23,24). The third-order valence-electron chi connectivity index (χ3n) is 4.59. The Kier molecular flexibility index (Phi) is 8.88. The van der Waals surface area contributed by atoms with Crippen molar-refractivity contribution < 1.29 is 9.47 Å². The van der Waals surface area contributed by atoms with E-state index in [1.807, 2.05) is 0 Å². The highest BCUT2D eigenvalue weighted by Gasteiger charge is 2.28. The van der Waals surface area contributed by atoms with E-state index in [0.29, 0.717) is 6.54 Å². The molecule has 152 valence electrons. The fourth-order valence-corrected chi connectivity index (χ4v) is 3.01. The van der Waals surface area contributed by atoms with Crippen LogP contribution in [0.5, 0.6) is 5.75 Å². The molecule has 6 nitrogen and oxygen atoms in total. The number of aliphatic imine (C=N–C) groups is 1. The molecule has 0 aromatic heterocycles. The number of hydrogen-bond donors (Lipinski definition) is 2. The molecule has 27 heavy (non-hydrogen) atoms. The van der Waals surface area contributed by atoms with Crippen molar-refractivity contribution >= 4 is 5.96 Å². The fourth-order valence-electron chi connectivity index (χ4n) is 3.01. The van der Waals surface area contributed by atoms with Crippen molar-refractivity contribution in [1.29, 1.82) is 0 Å². The zero-order chi connectivity index (χ0) is 19.6. The largest absolute Gasteiger partial charge is 0.491 e. The lowest BCUT2D eigenvalue weighted by atomic mass is 10.1. The average molecular weight is 377 g/mol. The van der Waals surface area contributed by atoms with E-state index in [9.17, 15) is 0 Å². The molecule has 0 spiro atoms. The van der Waals surface area contributed by atoms with E-state index < -0.39 is 0 Å². The number of benzene rings is 1. The SMILES string of the molecule is CN=C(NCCN(CCOC)C1CC1)NCc1ccc(C)cc1OC(C)C. The molecule has 0 amide bonds. The van der Waals surface area contributed by atoms with Crippen molar-refractivity contribution in [2.24, 2.45) is 4.99 Å². The van der Waals surface area contributed by atoms with Crippen LogP contribution in [0.2, 0.25) is 0 Å². The number of methoxy groups -OCH3 is 1. The minimum atomic E-state index is 0.156. The van der Waals surface area contributed by atoms with Crippen molar-refractivity contribution in [3.8, 4) is 5.75 Å². The van der Waals surface area contributed by atoms with Gasteiger partial charge in [-0.1, -0.05) is 12.1 Å². The molecule has 0 aliphatic heterocycles. The summed E-state index contributed by atoms with van der Waals surface area (Å²) in [5, 5.41) is 6.81. The van der Waals surface area contributed by atoms with Crippen LogP contribution in [0, 0.1) is 6.92 Å². The first-order chi connectivity index (χ1) is 13.0. The Morgan fingerprint density at radius 3 is 2.67 bits per heavy atom. The molecule has 0 radical (unpaired) electrons. The van der Waals surface area contributed by atoms with Gasteiger partial charge in [-0.05, 0) is 45.2 Å². The van der Waals surface area contributed by atoms with Gasteiger partial charge in [-0.3, -0.25) is 9.89 Å². The van der Waals surface area contributed by atoms with Gasteiger partial charge in [-0.25, -0.2) is 0 Å². The second-order valence-corrected chi connectivity index (χ2v) is 7.39. The maximum Gasteiger partial charge on any atom is 0.191 e. The summed E-state index contributed by atoms with van der Waals surface area (Å²) in [7, 11) is 3.57. The first-order valence-corrected chi connectivity index (χ1v) is 9.97. The zero-order valence-corrected chi connectivity index (χ0v) is 17.5. The quantitative estimate of drug-likeness (QED) is 0.459. The minimum Gasteiger partial charge on any atom is -0.491 e. The monoisotopic (exact) mass is 376 g/mol. The van der Waals surface area contributed by atoms with Gasteiger partial charge in [0.2, 0.25) is 0 Å². The minimum absolute atomic E-state index is 0.156. The van der Waals surface area contributed by atoms with Gasteiger partial charge in [0.1, 0.15) is 5.75 Å². The summed E-state index contributed by atoms with van der Waals surface area (Å²) >= 11 is 0. The van der Waals surface area contributed by atoms with E-state index in [1.54, 1.807) is 14.2 Å². The van der Waals surface area contributed by atoms with E-state index >= 15 is 0 Å². The van der Waals surface area contributed by atoms with Gasteiger partial charge in [-0.2, -0.15) is 0 Å². The molecule has 0 bridgehead atoms. The highest BCUT2D eigenvalue weighted by molar-refractivity contribution is 5.79. The number of ether oxygens (including phenoxy) is 2. The molecule has 2 N–H and O–H groups in total. The fraction of sp³-hybridized carbons (Fsp3) is 0.667. The molecule has 1 fully saturated rings. The zero-order valence-electron chi connectivity index (χ0n) is 17.5. The van der Waals surface area contributed by atoms with E-state index in [0.717, 1.165) is 49.6 Å². The van der Waals surface area contributed by atoms with E-state index in [-0.39, 0.29) is 6.10 Å². The highest BCUT2D eigenvalue weighted by atomic mass is 16.5. The summed E-state index contributed by atoms with van der Waals surface area (Å²) in [6.45, 7) is 10.5. The van der Waals surface area contributed by atoms with Crippen molar-refractivity contribution in [2.45, 2.75) is 52.3 Å². The Bertz CT molecular complexity index is 600. The van der Waals surface area contributed by atoms with Crippen LogP contribution in [0.4, 0.5) is 0 Å². The van der Waals surface area contributed by atoms with Crippen LogP contribution >= 0.6 is 0 Å². The summed E-state index contributed by atoms with van der Waals surface area (Å²) in [5.74, 6) is 1.75. The van der Waals surface area contributed by atoms with Crippen molar-refractivity contribution in [1.82, 2.24) is 15.5 Å². The molecule has 1 aliphatic carbocycles. The lowest BCUT2D eigenvalue weighted by molar-refractivity contribution is 0.144. The van der Waals surface area contributed by atoms with Crippen LogP contribution in [0.15, 0.2) is 23.2 Å². The van der Waals surface area contributed by atoms with E-state index in [2.05, 4.69) is 59.5 Å². The van der Waals surface area contributed by atoms with Crippen LogP contribution in [0.3, 0.4) is 0 Å². The Hall–Kier alpha value is -1.79. The summed E-state index contributed by atoms with van der Waals surface area (Å²) < 4.78 is 11.2. The Balaban J connectivity index is 1.81. The van der Waals surface area contributed by atoms with Crippen LogP contribution < -0.4 is 15.4 Å². The second kappa shape index (κ2) is 11.1. The predicted molar refractivity (Wildman–Crippen MR) is 112 cm³/mol. The molecular weight excluding hydrogens is 340 g/mol. The summed E-state index contributed by atoms with van der Waals surface area (Å²) in [6, 6.07) is 7.06. The lowest BCUT2D eigenvalue weighted by Crippen LogP contribution is -2.42. The normalized spacial score (nSPS) is 14.7. The van der Waals surface area contributed by atoms with Crippen LogP contribution in [0.25, 0.3) is 0 Å². The van der Waals surface area contributed by atoms with Gasteiger partial charge in [-0.15, -0.1) is 0 Å². The van der Waals surface area contributed by atoms with Crippen molar-refractivity contribution in [3.05, 3.63) is 29.3 Å². The molecule has 0 unspecified atom stereocenters. The number of guanidine groups is 1. The van der Waals surface area contributed by atoms with E-state index in [1.165, 1.54) is 18.4 Å². The van der Waals surface area contributed by atoms with Gasteiger partial charge in [0.05, 0.1) is 12.7 Å². The van der Waals surface area contributed by atoms with Gasteiger partial charge in [0, 0.05) is 51.9 Å². The number of nitrogens with one attached hydrogen (secondary N) is 2. The topological polar surface area (TPSA) is 58.1 Å². The van der Waals surface area contributed by atoms with Crippen molar-refractivity contribution in [2.75, 3.05) is 40.4 Å². The Morgan fingerprint density at radius 1 is 1.26 bits per heavy atom. The predicted octanol–water partition coefficient (Wildman–Crippen LogP) is 2.56. The first-order valence-electron chi connectivity index (χ1n) is 9.97. The average Bonchev–Trinajstić information content (AvgIpc) is 3.46. The molecule has 0 heterocycles. The Labute approximate surface area is 164 Å². The van der Waals surface area contributed by atoms with Crippen LogP contribution in [-0.2, 0) is 11.3 Å². The molecular formula is C21H36N4O2. The van der Waals surface area contributed by atoms with Crippen LogP contribution in [-0.4, -0.2) is 63.4 Å². The number of rotatable bonds is 11. The van der Waals surface area contributed by atoms with Gasteiger partial charge in [0.25, 0.3) is 0 Å². The molecule has 1 aliphatic rings. The highest BCUT2D eigenvalue weighted by Crippen LogP contribution is 2.26. The van der Waals surface area contributed by atoms with Gasteiger partial charge >= 0.3 is 0 Å². The summed E-state index contributed by atoms with van der Waals surface area (Å²) in [4.78, 5) is 6.84. The molecule has 0 saturated heterocycles. The Morgan fingerprint density at radius 2 is 2.04 bits per heavy atom. The number of aryl methyl sites for hydroxylation is 1. The first kappa shape index (κ1) is 21.5. The smallest absolute Gasteiger partial charge is 0.191 e. The van der Waals surface area contributed by atoms with Gasteiger partial charge < -0.3 is 20.1 Å². The maximum atomic E-state index is 5.96. The molecule has 1 saturated carbocycles. The molecule has 6 heteroatoms. The lowest BCUT2D eigenvalue weighted by Gasteiger charge is -2.22. The maximum absolute atomic E-state index is 5.96. The number of nitrogens with zero attached hydrogens (tertiary/aromatic N) is 2. The third-order valence-corrected chi connectivity index (χ3v) is 4.59. The van der Waals surface area contributed by atoms with Crippen molar-refractivity contribution in [3.63, 3.8) is 0 Å². The molecule has 1 aromatic carbocycles. The number of hydrogen-bond acceptors (Lipinski definition) is 4. The second-order valence-electron chi connectivity index (χ2n) is 7.39. The molecule has 2 rings (SSSR count). The molecule has 1 aromatic rings. The van der Waals surface area contributed by atoms with Crippen LogP contribution in [0.1, 0.15) is 37.8 Å². The summed E-state index contributed by atoms with van der Waals surface area (Å²) in [5.41, 5.74) is 2.34. The summed E-state index contributed by atoms with van der Waals surface area (Å²) in [6.07, 6.45) is 2.77. The van der Waals surface area contributed by atoms with Gasteiger partial charge in [0.15, 0.2) is 5.96 Å². The van der Waals surface area contributed by atoms with E-state index in [4.69, 9.17) is 9.47 Å². The third kappa shape index (κ3) is 7.77.